The summed E-state index contributed by atoms with van der Waals surface area (Å²) in [4.78, 5) is 8.54. The molecule has 114 valence electrons. The topological polar surface area (TPSA) is 28.2 Å². The smallest absolute Gasteiger partial charge is 0.185 e. The first-order valence-electron chi connectivity index (χ1n) is 8.12. The van der Waals surface area contributed by atoms with Crippen LogP contribution in [0.25, 0.3) is 0 Å². The third-order valence-electron chi connectivity index (χ3n) is 4.00. The van der Waals surface area contributed by atoms with E-state index in [1.165, 1.54) is 42.1 Å². The van der Waals surface area contributed by atoms with Gasteiger partial charge < -0.3 is 10.2 Å². The molecular formula is C16H29N3S. The van der Waals surface area contributed by atoms with Gasteiger partial charge in [0.1, 0.15) is 0 Å². The third-order valence-corrected chi connectivity index (χ3v) is 5.03. The number of thiazole rings is 1. The van der Waals surface area contributed by atoms with Gasteiger partial charge in [0.05, 0.1) is 0 Å². The van der Waals surface area contributed by atoms with Gasteiger partial charge in [0, 0.05) is 30.2 Å². The van der Waals surface area contributed by atoms with E-state index < -0.39 is 0 Å². The second-order valence-corrected chi connectivity index (χ2v) is 7.31. The lowest BCUT2D eigenvalue weighted by atomic mass is 9.94. The summed E-state index contributed by atoms with van der Waals surface area (Å²) in [5.74, 6) is 0.705. The van der Waals surface area contributed by atoms with Crippen molar-refractivity contribution in [3.63, 3.8) is 0 Å². The molecule has 20 heavy (non-hydrogen) atoms. The fraction of sp³-hybridized carbons (Fsp3) is 0.812. The Morgan fingerprint density at radius 3 is 2.75 bits per heavy atom. The maximum absolute atomic E-state index is 4.66. The molecule has 1 saturated carbocycles. The molecule has 0 saturated heterocycles. The zero-order chi connectivity index (χ0) is 14.4. The molecule has 1 aromatic rings. The summed E-state index contributed by atoms with van der Waals surface area (Å²) in [6.07, 6.45) is 8.92. The normalized spacial score (nSPS) is 16.8. The van der Waals surface area contributed by atoms with E-state index in [0.717, 1.165) is 25.7 Å². The van der Waals surface area contributed by atoms with Crippen molar-refractivity contribution in [2.75, 3.05) is 18.0 Å². The second kappa shape index (κ2) is 7.99. The summed E-state index contributed by atoms with van der Waals surface area (Å²) < 4.78 is 0. The molecule has 1 heterocycles. The predicted octanol–water partition coefficient (Wildman–Crippen LogP) is 4.05. The number of hydrogen-bond donors (Lipinski definition) is 1. The van der Waals surface area contributed by atoms with Crippen molar-refractivity contribution in [2.45, 2.75) is 65.5 Å². The molecule has 1 fully saturated rings. The average molecular weight is 295 g/mol. The number of aromatic nitrogens is 1. The molecule has 0 radical (unpaired) electrons. The van der Waals surface area contributed by atoms with Crippen molar-refractivity contribution in [2.24, 2.45) is 5.92 Å². The Kier molecular flexibility index (Phi) is 6.30. The van der Waals surface area contributed by atoms with E-state index in [1.807, 2.05) is 11.3 Å². The van der Waals surface area contributed by atoms with Gasteiger partial charge >= 0.3 is 0 Å². The van der Waals surface area contributed by atoms with Crippen LogP contribution >= 0.6 is 11.3 Å². The van der Waals surface area contributed by atoms with Crippen molar-refractivity contribution in [1.29, 1.82) is 0 Å². The van der Waals surface area contributed by atoms with Gasteiger partial charge in [-0.2, -0.15) is 0 Å². The van der Waals surface area contributed by atoms with E-state index in [4.69, 9.17) is 0 Å². The van der Waals surface area contributed by atoms with Crippen LogP contribution < -0.4 is 10.2 Å². The Labute approximate surface area is 127 Å². The SMILES string of the molecule is CCN(c1ncc(CNCC(C)C)s1)C1CCCCC1. The molecule has 1 aliphatic rings. The Morgan fingerprint density at radius 1 is 1.35 bits per heavy atom. The van der Waals surface area contributed by atoms with Crippen molar-refractivity contribution in [1.82, 2.24) is 10.3 Å². The lowest BCUT2D eigenvalue weighted by Gasteiger charge is -2.33. The summed E-state index contributed by atoms with van der Waals surface area (Å²) in [7, 11) is 0. The number of rotatable bonds is 7. The highest BCUT2D eigenvalue weighted by molar-refractivity contribution is 7.15. The molecule has 2 rings (SSSR count). The van der Waals surface area contributed by atoms with Crippen LogP contribution in [0.1, 0.15) is 57.8 Å². The molecular weight excluding hydrogens is 266 g/mol. The maximum Gasteiger partial charge on any atom is 0.185 e. The van der Waals surface area contributed by atoms with E-state index in [0.29, 0.717) is 5.92 Å². The molecule has 1 aliphatic carbocycles. The monoisotopic (exact) mass is 295 g/mol. The Balaban J connectivity index is 1.91. The van der Waals surface area contributed by atoms with Gasteiger partial charge in [-0.15, -0.1) is 11.3 Å². The Bertz CT molecular complexity index is 383. The first-order chi connectivity index (χ1) is 9.70. The average Bonchev–Trinajstić information content (AvgIpc) is 2.89. The molecule has 3 nitrogen and oxygen atoms in total. The van der Waals surface area contributed by atoms with Crippen molar-refractivity contribution in [3.05, 3.63) is 11.1 Å². The lowest BCUT2D eigenvalue weighted by molar-refractivity contribution is 0.418. The van der Waals surface area contributed by atoms with Crippen LogP contribution in [0.15, 0.2) is 6.20 Å². The van der Waals surface area contributed by atoms with Gasteiger partial charge in [-0.05, 0) is 32.2 Å². The predicted molar refractivity (Wildman–Crippen MR) is 88.6 cm³/mol. The quantitative estimate of drug-likeness (QED) is 0.822. The summed E-state index contributed by atoms with van der Waals surface area (Å²) in [5, 5.41) is 4.73. The molecule has 0 spiro atoms. The van der Waals surface area contributed by atoms with Gasteiger partial charge in [0.25, 0.3) is 0 Å². The van der Waals surface area contributed by atoms with Crippen LogP contribution in [0.5, 0.6) is 0 Å². The zero-order valence-electron chi connectivity index (χ0n) is 13.2. The zero-order valence-corrected chi connectivity index (χ0v) is 14.0. The molecule has 0 bridgehead atoms. The van der Waals surface area contributed by atoms with Gasteiger partial charge in [-0.25, -0.2) is 4.98 Å². The molecule has 0 unspecified atom stereocenters. The van der Waals surface area contributed by atoms with E-state index in [1.54, 1.807) is 0 Å². The molecule has 0 atom stereocenters. The van der Waals surface area contributed by atoms with Gasteiger partial charge in [0.2, 0.25) is 0 Å². The van der Waals surface area contributed by atoms with Crippen molar-refractivity contribution < 1.29 is 0 Å². The fourth-order valence-corrected chi connectivity index (χ4v) is 3.95. The van der Waals surface area contributed by atoms with Crippen LogP contribution in [0.4, 0.5) is 5.13 Å². The fourth-order valence-electron chi connectivity index (χ4n) is 2.94. The van der Waals surface area contributed by atoms with Crippen LogP contribution in [-0.4, -0.2) is 24.1 Å². The van der Waals surface area contributed by atoms with E-state index in [2.05, 4.69) is 42.2 Å². The van der Waals surface area contributed by atoms with E-state index in [-0.39, 0.29) is 0 Å². The molecule has 0 aliphatic heterocycles. The molecule has 0 amide bonds. The molecule has 4 heteroatoms. The van der Waals surface area contributed by atoms with Gasteiger partial charge in [-0.3, -0.25) is 0 Å². The second-order valence-electron chi connectivity index (χ2n) is 6.21. The van der Waals surface area contributed by atoms with Crippen LogP contribution in [0.3, 0.4) is 0 Å². The standard InChI is InChI=1S/C16H29N3S/c1-4-19(14-8-6-5-7-9-14)16-18-12-15(20-16)11-17-10-13(2)3/h12-14,17H,4-11H2,1-3H3. The number of hydrogen-bond acceptors (Lipinski definition) is 4. The Hall–Kier alpha value is -0.610. The molecule has 1 N–H and O–H groups in total. The number of nitrogens with one attached hydrogen (secondary N) is 1. The minimum absolute atomic E-state index is 0.705. The highest BCUT2D eigenvalue weighted by Gasteiger charge is 2.22. The lowest BCUT2D eigenvalue weighted by Crippen LogP contribution is -2.36. The first-order valence-corrected chi connectivity index (χ1v) is 8.94. The van der Waals surface area contributed by atoms with Crippen LogP contribution in [0.2, 0.25) is 0 Å². The van der Waals surface area contributed by atoms with Gasteiger partial charge in [-0.1, -0.05) is 33.1 Å². The summed E-state index contributed by atoms with van der Waals surface area (Å²) in [5.41, 5.74) is 0. The largest absolute Gasteiger partial charge is 0.345 e. The van der Waals surface area contributed by atoms with Crippen LogP contribution in [0, 0.1) is 5.92 Å². The Morgan fingerprint density at radius 2 is 2.10 bits per heavy atom. The van der Waals surface area contributed by atoms with E-state index >= 15 is 0 Å². The number of anilines is 1. The number of nitrogens with zero attached hydrogens (tertiary/aromatic N) is 2. The minimum Gasteiger partial charge on any atom is -0.345 e. The molecule has 0 aromatic carbocycles. The third kappa shape index (κ3) is 4.45. The minimum atomic E-state index is 0.705. The van der Waals surface area contributed by atoms with Gasteiger partial charge in [0.15, 0.2) is 5.13 Å². The van der Waals surface area contributed by atoms with Crippen molar-refractivity contribution >= 4 is 16.5 Å². The summed E-state index contributed by atoms with van der Waals surface area (Å²) in [6, 6.07) is 0.719. The summed E-state index contributed by atoms with van der Waals surface area (Å²) >= 11 is 1.86. The molecule has 1 aromatic heterocycles. The first kappa shape index (κ1) is 15.8. The van der Waals surface area contributed by atoms with Crippen molar-refractivity contribution in [3.8, 4) is 0 Å². The highest BCUT2D eigenvalue weighted by atomic mass is 32.1. The van der Waals surface area contributed by atoms with E-state index in [9.17, 15) is 0 Å². The maximum atomic E-state index is 4.66. The highest BCUT2D eigenvalue weighted by Crippen LogP contribution is 2.30. The summed E-state index contributed by atoms with van der Waals surface area (Å²) in [6.45, 7) is 9.86. The van der Waals surface area contributed by atoms with Crippen LogP contribution in [-0.2, 0) is 6.54 Å².